The first-order valence-corrected chi connectivity index (χ1v) is 19.2. The predicted molar refractivity (Wildman–Crippen MR) is 231 cm³/mol. The highest BCUT2D eigenvalue weighted by Gasteiger charge is 2.21. The highest BCUT2D eigenvalue weighted by molar-refractivity contribution is 6.14. The number of para-hydroxylation sites is 4. The lowest BCUT2D eigenvalue weighted by molar-refractivity contribution is 0.978. The molecule has 0 saturated carbocycles. The molecule has 0 N–H and O–H groups in total. The molecule has 0 amide bonds. The molecular weight excluding hydrogens is 683 g/mol. The molecule has 264 valence electrons. The predicted octanol–water partition coefficient (Wildman–Crippen LogP) is 12.8. The van der Waals surface area contributed by atoms with Crippen LogP contribution in [0.1, 0.15) is 18.7 Å². The van der Waals surface area contributed by atoms with Gasteiger partial charge in [0, 0.05) is 44.0 Å². The second kappa shape index (κ2) is 13.2. The van der Waals surface area contributed by atoms with Crippen molar-refractivity contribution in [2.75, 3.05) is 0 Å². The molecule has 0 spiro atoms. The molecule has 0 atom stereocenters. The van der Waals surface area contributed by atoms with Gasteiger partial charge in [-0.25, -0.2) is 15.0 Å². The zero-order valence-corrected chi connectivity index (χ0v) is 30.5. The maximum atomic E-state index is 5.21. The standard InChI is InChI=1S/C51H35N5/c1-4-16-34(17-5-1)49-52-50(35-18-6-2-7-19-35)54-51(53-49)44-27-15-26-43-41-25-11-13-29-46(41)56(48(43)44)39-23-14-20-36(32-39)37-30-31-42-40-24-10-12-28-45(40)55(47(42)33-37)38-21-8-3-9-22-38/h1-6,8-18,20-33H,7,19H2. The summed E-state index contributed by atoms with van der Waals surface area (Å²) in [7, 11) is 0. The lowest BCUT2D eigenvalue weighted by Crippen LogP contribution is -2.05. The second-order valence-electron chi connectivity index (χ2n) is 14.4. The van der Waals surface area contributed by atoms with Gasteiger partial charge in [-0.3, -0.25) is 0 Å². The van der Waals surface area contributed by atoms with Crippen molar-refractivity contribution in [1.82, 2.24) is 24.1 Å². The number of rotatable bonds is 6. The smallest absolute Gasteiger partial charge is 0.166 e. The van der Waals surface area contributed by atoms with Crippen molar-refractivity contribution in [3.63, 3.8) is 0 Å². The molecule has 3 heterocycles. The van der Waals surface area contributed by atoms with Crippen LogP contribution >= 0.6 is 0 Å². The van der Waals surface area contributed by atoms with Crippen LogP contribution in [0.15, 0.2) is 188 Å². The molecular formula is C51H35N5. The molecule has 56 heavy (non-hydrogen) atoms. The van der Waals surface area contributed by atoms with E-state index in [1.165, 1.54) is 27.2 Å². The quantitative estimate of drug-likeness (QED) is 0.172. The molecule has 1 aliphatic rings. The second-order valence-corrected chi connectivity index (χ2v) is 14.4. The summed E-state index contributed by atoms with van der Waals surface area (Å²) in [5.74, 6) is 2.06. The zero-order valence-electron chi connectivity index (χ0n) is 30.5. The van der Waals surface area contributed by atoms with Crippen LogP contribution in [0.25, 0.3) is 94.5 Å². The minimum absolute atomic E-state index is 0.661. The first-order chi connectivity index (χ1) is 27.8. The van der Waals surface area contributed by atoms with Crippen molar-refractivity contribution in [3.05, 3.63) is 194 Å². The average Bonchev–Trinajstić information content (AvgIpc) is 3.80. The van der Waals surface area contributed by atoms with E-state index in [9.17, 15) is 0 Å². The fraction of sp³-hybridized carbons (Fsp3) is 0.0392. The van der Waals surface area contributed by atoms with E-state index in [-0.39, 0.29) is 0 Å². The van der Waals surface area contributed by atoms with Crippen molar-refractivity contribution in [3.8, 4) is 45.3 Å². The van der Waals surface area contributed by atoms with Gasteiger partial charge in [0.25, 0.3) is 0 Å². The summed E-state index contributed by atoms with van der Waals surface area (Å²) < 4.78 is 4.76. The van der Waals surface area contributed by atoms with Gasteiger partial charge in [-0.05, 0) is 78.1 Å². The highest BCUT2D eigenvalue weighted by atomic mass is 15.0. The van der Waals surface area contributed by atoms with Crippen LogP contribution in [-0.4, -0.2) is 24.1 Å². The fourth-order valence-corrected chi connectivity index (χ4v) is 8.44. The van der Waals surface area contributed by atoms with E-state index < -0.39 is 0 Å². The lowest BCUT2D eigenvalue weighted by atomic mass is 10.0. The minimum Gasteiger partial charge on any atom is -0.309 e. The Bertz CT molecular complexity index is 3190. The molecule has 5 nitrogen and oxygen atoms in total. The van der Waals surface area contributed by atoms with Crippen molar-refractivity contribution < 1.29 is 0 Å². The van der Waals surface area contributed by atoms with E-state index in [2.05, 4.69) is 179 Å². The van der Waals surface area contributed by atoms with Gasteiger partial charge in [-0.1, -0.05) is 140 Å². The van der Waals surface area contributed by atoms with Crippen LogP contribution in [0.4, 0.5) is 0 Å². The average molecular weight is 718 g/mol. The summed E-state index contributed by atoms with van der Waals surface area (Å²) >= 11 is 0. The zero-order chi connectivity index (χ0) is 37.0. The molecule has 7 aromatic carbocycles. The summed E-state index contributed by atoms with van der Waals surface area (Å²) in [5.41, 5.74) is 12.2. The molecule has 11 rings (SSSR count). The number of hydrogen-bond acceptors (Lipinski definition) is 3. The Morgan fingerprint density at radius 1 is 0.411 bits per heavy atom. The molecule has 0 saturated heterocycles. The number of nitrogens with zero attached hydrogens (tertiary/aromatic N) is 5. The highest BCUT2D eigenvalue weighted by Crippen LogP contribution is 2.40. The van der Waals surface area contributed by atoms with Gasteiger partial charge in [-0.15, -0.1) is 0 Å². The maximum Gasteiger partial charge on any atom is 0.166 e. The summed E-state index contributed by atoms with van der Waals surface area (Å²) in [5, 5.41) is 4.82. The van der Waals surface area contributed by atoms with Gasteiger partial charge < -0.3 is 9.13 Å². The lowest BCUT2D eigenvalue weighted by Gasteiger charge is -2.15. The van der Waals surface area contributed by atoms with E-state index in [0.29, 0.717) is 11.6 Å². The molecule has 0 bridgehead atoms. The van der Waals surface area contributed by atoms with Crippen LogP contribution in [-0.2, 0) is 0 Å². The van der Waals surface area contributed by atoms with Crippen LogP contribution in [0.2, 0.25) is 0 Å². The third-order valence-corrected chi connectivity index (χ3v) is 11.0. The van der Waals surface area contributed by atoms with E-state index in [1.807, 2.05) is 18.2 Å². The van der Waals surface area contributed by atoms with Crippen molar-refractivity contribution in [2.45, 2.75) is 12.8 Å². The maximum absolute atomic E-state index is 5.21. The Balaban J connectivity index is 1.12. The van der Waals surface area contributed by atoms with Gasteiger partial charge >= 0.3 is 0 Å². The minimum atomic E-state index is 0.661. The molecule has 3 aromatic heterocycles. The number of hydrogen-bond donors (Lipinski definition) is 0. The van der Waals surface area contributed by atoms with Crippen LogP contribution in [0.3, 0.4) is 0 Å². The van der Waals surface area contributed by atoms with Gasteiger partial charge in [0.05, 0.1) is 22.1 Å². The van der Waals surface area contributed by atoms with Gasteiger partial charge in [-0.2, -0.15) is 0 Å². The summed E-state index contributed by atoms with van der Waals surface area (Å²) in [6, 6.07) is 60.5. The molecule has 0 aliphatic heterocycles. The topological polar surface area (TPSA) is 48.5 Å². The number of benzene rings is 7. The third-order valence-electron chi connectivity index (χ3n) is 11.0. The molecule has 0 fully saturated rings. The summed E-state index contributed by atoms with van der Waals surface area (Å²) in [4.78, 5) is 15.4. The van der Waals surface area contributed by atoms with E-state index >= 15 is 0 Å². The van der Waals surface area contributed by atoms with Gasteiger partial charge in [0.15, 0.2) is 17.5 Å². The first kappa shape index (κ1) is 32.1. The van der Waals surface area contributed by atoms with Gasteiger partial charge in [0.2, 0.25) is 0 Å². The molecule has 0 radical (unpaired) electrons. The Labute approximate surface area is 324 Å². The van der Waals surface area contributed by atoms with Crippen molar-refractivity contribution >= 4 is 49.2 Å². The van der Waals surface area contributed by atoms with Crippen LogP contribution in [0.5, 0.6) is 0 Å². The summed E-state index contributed by atoms with van der Waals surface area (Å²) in [6.45, 7) is 0. The van der Waals surface area contributed by atoms with E-state index in [1.54, 1.807) is 0 Å². The Morgan fingerprint density at radius 3 is 1.82 bits per heavy atom. The van der Waals surface area contributed by atoms with Crippen molar-refractivity contribution in [2.24, 2.45) is 0 Å². The summed E-state index contributed by atoms with van der Waals surface area (Å²) in [6.07, 6.45) is 8.29. The Hall–Kier alpha value is -7.37. The van der Waals surface area contributed by atoms with Crippen LogP contribution < -0.4 is 0 Å². The first-order valence-electron chi connectivity index (χ1n) is 19.2. The Morgan fingerprint density at radius 2 is 1.02 bits per heavy atom. The van der Waals surface area contributed by atoms with Crippen LogP contribution in [0, 0.1) is 0 Å². The number of aromatic nitrogens is 5. The van der Waals surface area contributed by atoms with Crippen molar-refractivity contribution in [1.29, 1.82) is 0 Å². The molecule has 10 aromatic rings. The monoisotopic (exact) mass is 717 g/mol. The molecule has 1 aliphatic carbocycles. The largest absolute Gasteiger partial charge is 0.309 e. The van der Waals surface area contributed by atoms with E-state index in [4.69, 9.17) is 15.0 Å². The molecule has 5 heteroatoms. The fourth-order valence-electron chi connectivity index (χ4n) is 8.44. The Kier molecular flexibility index (Phi) is 7.56. The number of fused-ring (bicyclic) bond motifs is 6. The third kappa shape index (κ3) is 5.28. The normalized spacial score (nSPS) is 12.9. The number of allylic oxidation sites excluding steroid dienone is 4. The molecule has 0 unspecified atom stereocenters. The van der Waals surface area contributed by atoms with E-state index in [0.717, 1.165) is 74.3 Å². The SMILES string of the molecule is C1=CCCC(c2nc(-c3ccccc3)nc(-c3cccc4c5ccccc5n(-c5cccc(-c6ccc7c8ccccc8n(-c8ccccc8)c7c6)c5)c34)n2)=C1. The van der Waals surface area contributed by atoms with Gasteiger partial charge in [0.1, 0.15) is 0 Å².